The van der Waals surface area contributed by atoms with Gasteiger partial charge in [-0.15, -0.1) is 0 Å². The SMILES string of the molecule is COc1ccc(C(=O)C(=O)Nc2c(Cl)cncc2Cl)cc1OCc1ccccc1. The number of methoxy groups -OCH3 is 1. The zero-order valence-electron chi connectivity index (χ0n) is 15.3. The van der Waals surface area contributed by atoms with Crippen LogP contribution in [0, 0.1) is 0 Å². The van der Waals surface area contributed by atoms with Crippen molar-refractivity contribution in [3.63, 3.8) is 0 Å². The normalized spacial score (nSPS) is 10.3. The van der Waals surface area contributed by atoms with Gasteiger partial charge in [0.05, 0.1) is 22.8 Å². The van der Waals surface area contributed by atoms with Crippen LogP contribution in [0.15, 0.2) is 60.9 Å². The standard InChI is InChI=1S/C21H16Cl2N2O4/c1-28-17-8-7-14(9-18(17)29-12-13-5-3-2-4-6-13)20(26)21(27)25-19-15(22)10-24-11-16(19)23/h2-11H,12H2,1H3,(H,24,25,27). The van der Waals surface area contributed by atoms with Crippen LogP contribution in [0.4, 0.5) is 5.69 Å². The highest BCUT2D eigenvalue weighted by atomic mass is 35.5. The fourth-order valence-corrected chi connectivity index (χ4v) is 2.96. The smallest absolute Gasteiger partial charge is 0.296 e. The van der Waals surface area contributed by atoms with Crippen molar-refractivity contribution in [3.05, 3.63) is 82.1 Å². The number of nitrogens with one attached hydrogen (secondary N) is 1. The van der Waals surface area contributed by atoms with Crippen LogP contribution in [0.1, 0.15) is 15.9 Å². The van der Waals surface area contributed by atoms with Crippen molar-refractivity contribution in [2.45, 2.75) is 6.61 Å². The summed E-state index contributed by atoms with van der Waals surface area (Å²) in [5, 5.41) is 2.67. The number of hydrogen-bond acceptors (Lipinski definition) is 5. The summed E-state index contributed by atoms with van der Waals surface area (Å²) in [6.07, 6.45) is 2.63. The molecule has 8 heteroatoms. The molecule has 0 aliphatic heterocycles. The summed E-state index contributed by atoms with van der Waals surface area (Å²) >= 11 is 12.0. The van der Waals surface area contributed by atoms with Crippen LogP contribution >= 0.6 is 23.2 Å². The number of carbonyl (C=O) groups is 2. The number of halogens is 2. The van der Waals surface area contributed by atoms with Gasteiger partial charge in [0.1, 0.15) is 6.61 Å². The van der Waals surface area contributed by atoms with Crippen LogP contribution in [-0.2, 0) is 11.4 Å². The van der Waals surface area contributed by atoms with Gasteiger partial charge in [-0.3, -0.25) is 14.6 Å². The molecule has 0 aliphatic carbocycles. The third-order valence-corrected chi connectivity index (χ3v) is 4.53. The van der Waals surface area contributed by atoms with E-state index in [1.54, 1.807) is 6.07 Å². The molecule has 0 unspecified atom stereocenters. The van der Waals surface area contributed by atoms with E-state index in [4.69, 9.17) is 32.7 Å². The number of nitrogens with zero attached hydrogens (tertiary/aromatic N) is 1. The van der Waals surface area contributed by atoms with Gasteiger partial charge in [0, 0.05) is 18.0 Å². The van der Waals surface area contributed by atoms with E-state index in [0.29, 0.717) is 11.5 Å². The van der Waals surface area contributed by atoms with E-state index in [1.807, 2.05) is 30.3 Å². The minimum atomic E-state index is -0.890. The van der Waals surface area contributed by atoms with Crippen LogP contribution in [0.2, 0.25) is 10.0 Å². The Morgan fingerprint density at radius 1 is 1.00 bits per heavy atom. The van der Waals surface area contributed by atoms with Crippen molar-refractivity contribution in [1.82, 2.24) is 4.98 Å². The average molecular weight is 431 g/mol. The lowest BCUT2D eigenvalue weighted by Crippen LogP contribution is -2.23. The molecule has 6 nitrogen and oxygen atoms in total. The summed E-state index contributed by atoms with van der Waals surface area (Å²) in [5.74, 6) is -0.881. The number of rotatable bonds is 7. The molecule has 0 atom stereocenters. The van der Waals surface area contributed by atoms with E-state index < -0.39 is 11.7 Å². The van der Waals surface area contributed by atoms with Crippen LogP contribution in [0.5, 0.6) is 11.5 Å². The maximum atomic E-state index is 12.6. The molecule has 148 valence electrons. The number of aromatic nitrogens is 1. The Balaban J connectivity index is 1.78. The van der Waals surface area contributed by atoms with E-state index >= 15 is 0 Å². The number of ether oxygens (including phenoxy) is 2. The molecule has 1 N–H and O–H groups in total. The van der Waals surface area contributed by atoms with Gasteiger partial charge in [0.15, 0.2) is 11.5 Å². The molecule has 1 amide bonds. The quantitative estimate of drug-likeness (QED) is 0.430. The predicted octanol–water partition coefficient (Wildman–Crippen LogP) is 4.80. The van der Waals surface area contributed by atoms with Gasteiger partial charge in [0.25, 0.3) is 11.7 Å². The highest BCUT2D eigenvalue weighted by Gasteiger charge is 2.21. The summed E-state index contributed by atoms with van der Waals surface area (Å²) in [6, 6.07) is 14.0. The number of anilines is 1. The topological polar surface area (TPSA) is 77.5 Å². The first-order valence-corrected chi connectivity index (χ1v) is 9.24. The van der Waals surface area contributed by atoms with E-state index in [0.717, 1.165) is 5.56 Å². The lowest BCUT2D eigenvalue weighted by Gasteiger charge is -2.12. The number of Topliss-reactive ketones (excluding diaryl/α,β-unsaturated/α-hetero) is 1. The van der Waals surface area contributed by atoms with Crippen molar-refractivity contribution < 1.29 is 19.1 Å². The van der Waals surface area contributed by atoms with Crippen LogP contribution < -0.4 is 14.8 Å². The molecule has 1 heterocycles. The summed E-state index contributed by atoms with van der Waals surface area (Å²) in [7, 11) is 1.49. The van der Waals surface area contributed by atoms with Gasteiger partial charge in [-0.05, 0) is 23.8 Å². The molecule has 0 spiro atoms. The maximum Gasteiger partial charge on any atom is 0.296 e. The zero-order chi connectivity index (χ0) is 20.8. The minimum Gasteiger partial charge on any atom is -0.493 e. The van der Waals surface area contributed by atoms with E-state index in [9.17, 15) is 9.59 Å². The molecule has 0 bridgehead atoms. The Labute approximate surface area is 177 Å². The number of pyridine rings is 1. The molecular weight excluding hydrogens is 415 g/mol. The van der Waals surface area contributed by atoms with Crippen molar-refractivity contribution in [1.29, 1.82) is 0 Å². The molecule has 29 heavy (non-hydrogen) atoms. The summed E-state index contributed by atoms with van der Waals surface area (Å²) < 4.78 is 11.1. The molecule has 0 saturated carbocycles. The lowest BCUT2D eigenvalue weighted by molar-refractivity contribution is -0.112. The first kappa shape index (κ1) is 20.6. The van der Waals surface area contributed by atoms with Crippen LogP contribution in [0.3, 0.4) is 0 Å². The molecular formula is C21H16Cl2N2O4. The highest BCUT2D eigenvalue weighted by molar-refractivity contribution is 6.48. The third kappa shape index (κ3) is 5.04. The van der Waals surface area contributed by atoms with E-state index in [1.165, 1.54) is 31.6 Å². The first-order chi connectivity index (χ1) is 14.0. The number of amides is 1. The van der Waals surface area contributed by atoms with Gasteiger partial charge in [0.2, 0.25) is 0 Å². The van der Waals surface area contributed by atoms with Crippen molar-refractivity contribution >= 4 is 40.6 Å². The maximum absolute atomic E-state index is 12.6. The second kappa shape index (κ2) is 9.41. The Morgan fingerprint density at radius 3 is 2.34 bits per heavy atom. The molecule has 3 aromatic rings. The van der Waals surface area contributed by atoms with Crippen molar-refractivity contribution in [2.24, 2.45) is 0 Å². The predicted molar refractivity (Wildman–Crippen MR) is 111 cm³/mol. The van der Waals surface area contributed by atoms with Gasteiger partial charge >= 0.3 is 0 Å². The number of benzene rings is 2. The molecule has 0 saturated heterocycles. The molecule has 0 fully saturated rings. The second-order valence-electron chi connectivity index (χ2n) is 5.90. The molecule has 2 aromatic carbocycles. The monoisotopic (exact) mass is 430 g/mol. The molecule has 1 aromatic heterocycles. The molecule has 0 radical (unpaired) electrons. The lowest BCUT2D eigenvalue weighted by atomic mass is 10.1. The Morgan fingerprint density at radius 2 is 1.69 bits per heavy atom. The van der Waals surface area contributed by atoms with Crippen molar-refractivity contribution in [3.8, 4) is 11.5 Å². The van der Waals surface area contributed by atoms with Gasteiger partial charge in [-0.1, -0.05) is 53.5 Å². The van der Waals surface area contributed by atoms with E-state index in [2.05, 4.69) is 10.3 Å². The minimum absolute atomic E-state index is 0.121. The Kier molecular flexibility index (Phi) is 6.69. The van der Waals surface area contributed by atoms with Crippen LogP contribution in [0.25, 0.3) is 0 Å². The summed E-state index contributed by atoms with van der Waals surface area (Å²) in [5.41, 5.74) is 1.20. The fourth-order valence-electron chi connectivity index (χ4n) is 2.50. The van der Waals surface area contributed by atoms with Gasteiger partial charge in [-0.25, -0.2) is 0 Å². The van der Waals surface area contributed by atoms with Gasteiger partial charge < -0.3 is 14.8 Å². The number of carbonyl (C=O) groups excluding carboxylic acids is 2. The van der Waals surface area contributed by atoms with Gasteiger partial charge in [-0.2, -0.15) is 0 Å². The first-order valence-electron chi connectivity index (χ1n) is 8.49. The summed E-state index contributed by atoms with van der Waals surface area (Å²) in [4.78, 5) is 28.8. The molecule has 0 aliphatic rings. The van der Waals surface area contributed by atoms with E-state index in [-0.39, 0.29) is 27.9 Å². The second-order valence-corrected chi connectivity index (χ2v) is 6.72. The van der Waals surface area contributed by atoms with Crippen molar-refractivity contribution in [2.75, 3.05) is 12.4 Å². The Hall–Kier alpha value is -3.09. The fraction of sp³-hybridized carbons (Fsp3) is 0.0952. The Bertz CT molecular complexity index is 1020. The number of hydrogen-bond donors (Lipinski definition) is 1. The third-order valence-electron chi connectivity index (χ3n) is 3.96. The van der Waals surface area contributed by atoms with Crippen LogP contribution in [-0.4, -0.2) is 23.8 Å². The highest BCUT2D eigenvalue weighted by Crippen LogP contribution is 2.31. The largest absolute Gasteiger partial charge is 0.493 e. The number of ketones is 1. The molecule has 3 rings (SSSR count). The average Bonchev–Trinajstić information content (AvgIpc) is 2.74. The summed E-state index contributed by atoms with van der Waals surface area (Å²) in [6.45, 7) is 0.281. The zero-order valence-corrected chi connectivity index (χ0v) is 16.8.